The molecule has 10 atom stereocenters. The van der Waals surface area contributed by atoms with Crippen LogP contribution in [-0.4, -0.2) is 195 Å². The Labute approximate surface area is 813 Å². The molecule has 9 fully saturated rings. The van der Waals surface area contributed by atoms with Gasteiger partial charge in [0.2, 0.25) is 5.65 Å². The molecular formula is C101H88F4N14O25. The lowest BCUT2D eigenvalue weighted by Gasteiger charge is -2.13. The van der Waals surface area contributed by atoms with Gasteiger partial charge in [-0.3, -0.25) is 33.9 Å². The molecule has 39 nitrogen and oxygen atoms in total. The predicted octanol–water partition coefficient (Wildman–Crippen LogP) is 10.6. The number of H-pyrrole nitrogens is 1. The molecule has 740 valence electrons. The summed E-state index contributed by atoms with van der Waals surface area (Å²) in [4.78, 5) is 207. The molecule has 15 heterocycles. The number of carbonyl (C=O) groups is 15. The number of aromatic nitrogens is 14. The summed E-state index contributed by atoms with van der Waals surface area (Å²) in [5, 5.41) is 17.9. The van der Waals surface area contributed by atoms with Gasteiger partial charge in [-0.05, 0) is 210 Å². The van der Waals surface area contributed by atoms with Crippen molar-refractivity contribution in [3.05, 3.63) is 191 Å². The lowest BCUT2D eigenvalue weighted by atomic mass is 10.0. The van der Waals surface area contributed by atoms with Crippen LogP contribution in [0.15, 0.2) is 61.2 Å². The SMILES string of the molecule is C#CC1(OC(=O)C(=O)c2c(C)c(C(=O)OC)n3c2C[C@H]2C[C@H]23)CC1.C#CC1(OC(=O)C(=O)c2c(C)c(C(=O)Oc3ccnc(C(F)F)c3)n3c2C[C@H]2C[C@H]23)CC1.C#CC1(OC(=O)C(=O)c2c(C)c(C(=O)On3nnc4cccnc43)n3c2C[C@H]2C[C@H]23)CC1.CCOC(=O)C(=O)c1c(C)c(C(=O)OC)n2c1C[C@H]1C[C@H]12.Cc1c(C(=O)C(=O)OC2(c3cn[nH]n3)CC2)c2n(c1C(=O)Oc1ccnc(C(F)F)c1)[C@@H]1C[C@@H]1C2. The zero-order chi connectivity index (χ0) is 102. The van der Waals surface area contributed by atoms with Crippen molar-refractivity contribution in [3.8, 4) is 48.5 Å². The molecule has 0 spiro atoms. The number of hydrogen-bond acceptors (Lipinski definition) is 32. The maximum absolute atomic E-state index is 13.3. The van der Waals surface area contributed by atoms with Crippen molar-refractivity contribution in [1.29, 1.82) is 0 Å². The average molecular weight is 1970 g/mol. The molecule has 0 amide bonds. The van der Waals surface area contributed by atoms with Gasteiger partial charge in [0.25, 0.3) is 41.8 Å². The number of aromatic amines is 1. The van der Waals surface area contributed by atoms with Crippen LogP contribution >= 0.6 is 0 Å². The number of rotatable bonds is 26. The van der Waals surface area contributed by atoms with Gasteiger partial charge in [0, 0.05) is 128 Å². The fourth-order valence-electron chi connectivity index (χ4n) is 20.9. The Morgan fingerprint density at radius 1 is 0.438 bits per heavy atom. The standard InChI is InChI=1S/C23H19F2N5O5.C23H18F2N2O5.C22H17N5O5.C18H17NO5.C15H17NO5/c1-10-17(19(31)22(33)35-23(3-4-23)16-9-27-29-28-16)15-7-11-6-14(11)30(15)18(10)21(32)34-12-2-5-26-13(8-12)20(24)25;1-3-23(5-6-23)32-22(30)19(28)17-11(2)18(27-15-8-12(15)9-16(17)27)21(29)31-13-4-7-26-14(10-13)20(24)25;1-3-22(6-7-22)31-21(30)18(28)16-11(2)17(26-14-9-12(14)10-15(16)26)20(29)32-27-19-13(24-25-27)5-4-8-23-19;1-4-18(5-6-18)24-17(22)15(20)13-9(2)14(16(21)23-3)19-11-7-10(11)8-12(13)19;1-4-21-15(19)13(17)11-7(2)12(14(18)20-3)16-9-5-8(9)6-10(11)16/h2,5,8-9,11,14,20H,3-4,6-7H2,1H3,(H,27,28,29);1,4,7,10,12,15,20H,5-6,8-9H2,2H3;1,4-5,8,12,14H,6-7,9-10H2,2H3;1,10-11H,5-8H2,2-3H3;8-9H,4-6H2,1-3H3/t11-,14-;12-,15-;12-,14-;10-,11-;8-,9-/m11111/s1. The van der Waals surface area contributed by atoms with Crippen LogP contribution in [0.5, 0.6) is 11.5 Å². The van der Waals surface area contributed by atoms with Gasteiger partial charge in [-0.2, -0.15) is 15.4 Å². The fourth-order valence-corrected chi connectivity index (χ4v) is 20.9. The van der Waals surface area contributed by atoms with Crippen LogP contribution < -0.4 is 14.3 Å². The molecule has 0 aromatic carbocycles. The summed E-state index contributed by atoms with van der Waals surface area (Å²) in [5.41, 5.74) is 3.91. The number of fused-ring (bicyclic) bond motifs is 16. The van der Waals surface area contributed by atoms with Gasteiger partial charge in [0.15, 0.2) is 22.4 Å². The summed E-state index contributed by atoms with van der Waals surface area (Å²) >= 11 is 0. The van der Waals surface area contributed by atoms with Crippen molar-refractivity contribution in [1.82, 2.24) is 68.4 Å². The fraction of sp³-hybridized carbons (Fsp3) is 0.426. The highest BCUT2D eigenvalue weighted by atomic mass is 19.3. The van der Waals surface area contributed by atoms with E-state index in [0.29, 0.717) is 174 Å². The lowest BCUT2D eigenvalue weighted by molar-refractivity contribution is -0.146. The Kier molecular flexibility index (Phi) is 23.5. The number of pyridine rings is 3. The number of ketones is 5. The topological polar surface area (TPSA) is 484 Å². The van der Waals surface area contributed by atoms with Crippen molar-refractivity contribution >= 4 is 99.8 Å². The van der Waals surface area contributed by atoms with Crippen LogP contribution in [0.1, 0.15) is 311 Å². The summed E-state index contributed by atoms with van der Waals surface area (Å²) in [6, 6.07) is 8.64. The second-order valence-electron chi connectivity index (χ2n) is 38.2. The zero-order valence-electron chi connectivity index (χ0n) is 78.4. The second kappa shape index (κ2) is 35.5. The van der Waals surface area contributed by atoms with Crippen molar-refractivity contribution in [2.24, 2.45) is 29.6 Å². The molecule has 0 radical (unpaired) electrons. The molecule has 5 aliphatic heterocycles. The smallest absolute Gasteiger partial charge is 0.382 e. The molecule has 0 bridgehead atoms. The van der Waals surface area contributed by atoms with Crippen molar-refractivity contribution < 1.29 is 137 Å². The minimum Gasteiger partial charge on any atom is -0.464 e. The van der Waals surface area contributed by atoms with E-state index in [9.17, 15) is 89.5 Å². The van der Waals surface area contributed by atoms with Gasteiger partial charge >= 0.3 is 59.7 Å². The largest absolute Gasteiger partial charge is 0.464 e. The van der Waals surface area contributed by atoms with E-state index in [4.69, 9.17) is 66.7 Å². The lowest BCUT2D eigenvalue weighted by Crippen LogP contribution is -2.26. The van der Waals surface area contributed by atoms with Crippen LogP contribution in [-0.2, 0) is 94.8 Å². The van der Waals surface area contributed by atoms with E-state index in [2.05, 4.69) is 58.4 Å². The predicted molar refractivity (Wildman–Crippen MR) is 480 cm³/mol. The number of carbonyl (C=O) groups excluding carboxylic acids is 15. The summed E-state index contributed by atoms with van der Waals surface area (Å²) in [7, 11) is 2.62. The van der Waals surface area contributed by atoms with E-state index >= 15 is 0 Å². The van der Waals surface area contributed by atoms with Crippen molar-refractivity contribution in [2.45, 2.75) is 223 Å². The number of terminal acetylenes is 3. The Bertz CT molecular complexity index is 7470. The first-order valence-corrected chi connectivity index (χ1v) is 46.7. The van der Waals surface area contributed by atoms with Crippen molar-refractivity contribution in [2.75, 3.05) is 20.8 Å². The first kappa shape index (κ1) is 95.4. The number of hydrogen-bond donors (Lipinski definition) is 1. The maximum Gasteiger partial charge on any atom is 0.382 e. The van der Waals surface area contributed by atoms with Gasteiger partial charge in [-0.25, -0.2) is 70.5 Å². The number of methoxy groups -OCH3 is 2. The van der Waals surface area contributed by atoms with E-state index < -0.39 is 135 Å². The molecular weight excluding hydrogens is 1890 g/mol. The number of Topliss-reactive ketones (excluding diaryl/α,β-unsaturated/α-hetero) is 5. The molecule has 1 N–H and O–H groups in total. The Hall–Kier alpha value is -16.2. The van der Waals surface area contributed by atoms with E-state index in [-0.39, 0.29) is 99.5 Å². The van der Waals surface area contributed by atoms with E-state index in [1.54, 1.807) is 62.8 Å². The van der Waals surface area contributed by atoms with Gasteiger partial charge < -0.3 is 70.3 Å². The average Bonchev–Trinajstić information content (AvgIpc) is 1.55. The van der Waals surface area contributed by atoms with Gasteiger partial charge in [0.05, 0.1) is 54.8 Å². The Morgan fingerprint density at radius 3 is 1.08 bits per heavy atom. The molecule has 14 aliphatic rings. The van der Waals surface area contributed by atoms with E-state index in [1.807, 2.05) is 13.7 Å². The third-order valence-corrected chi connectivity index (χ3v) is 29.2. The number of nitrogens with one attached hydrogen (secondary N) is 1. The third kappa shape index (κ3) is 16.7. The zero-order valence-corrected chi connectivity index (χ0v) is 78.4. The molecule has 24 rings (SSSR count). The second-order valence-corrected chi connectivity index (χ2v) is 38.2. The quantitative estimate of drug-likeness (QED) is 0.0100. The summed E-state index contributed by atoms with van der Waals surface area (Å²) in [6.45, 7) is 9.91. The first-order chi connectivity index (χ1) is 68.9. The Balaban J connectivity index is 0.000000111. The molecule has 9 saturated carbocycles. The molecule has 9 aliphatic carbocycles. The van der Waals surface area contributed by atoms with E-state index in [1.165, 1.54) is 38.7 Å². The van der Waals surface area contributed by atoms with Crippen LogP contribution in [0, 0.1) is 101 Å². The van der Waals surface area contributed by atoms with Crippen LogP contribution in [0.4, 0.5) is 17.6 Å². The number of esters is 9. The number of halogens is 4. The van der Waals surface area contributed by atoms with Crippen LogP contribution in [0.2, 0.25) is 0 Å². The molecule has 10 aromatic heterocycles. The Morgan fingerprint density at radius 2 is 0.771 bits per heavy atom. The number of alkyl halides is 4. The normalized spacial score (nSPS) is 21.7. The highest BCUT2D eigenvalue weighted by molar-refractivity contribution is 6.44. The third-order valence-electron chi connectivity index (χ3n) is 29.2. The summed E-state index contributed by atoms with van der Waals surface area (Å²) < 4.78 is 107. The minimum atomic E-state index is -2.82. The summed E-state index contributed by atoms with van der Waals surface area (Å²) in [5.74, 6) is -3.12. The van der Waals surface area contributed by atoms with E-state index in [0.717, 1.165) is 79.3 Å². The molecule has 10 aromatic rings. The molecule has 0 saturated heterocycles. The maximum atomic E-state index is 13.3. The number of nitrogens with zero attached hydrogens (tertiary/aromatic N) is 13. The highest BCUT2D eigenvalue weighted by Crippen LogP contribution is 2.60. The van der Waals surface area contributed by atoms with Crippen LogP contribution in [0.3, 0.4) is 0 Å². The molecule has 144 heavy (non-hydrogen) atoms. The highest BCUT2D eigenvalue weighted by Gasteiger charge is 2.60. The minimum absolute atomic E-state index is 0.0304. The molecule has 43 heteroatoms. The molecule has 0 unspecified atom stereocenters. The van der Waals surface area contributed by atoms with Crippen LogP contribution in [0.25, 0.3) is 11.2 Å². The van der Waals surface area contributed by atoms with Gasteiger partial charge in [0.1, 0.15) is 62.6 Å². The summed E-state index contributed by atoms with van der Waals surface area (Å²) in [6.07, 6.45) is 27.8. The number of ether oxygens (including phenoxy) is 9. The first-order valence-electron chi connectivity index (χ1n) is 46.7. The monoisotopic (exact) mass is 1970 g/mol. The van der Waals surface area contributed by atoms with Crippen molar-refractivity contribution in [3.63, 3.8) is 0 Å². The van der Waals surface area contributed by atoms with Gasteiger partial charge in [-0.15, -0.1) is 24.4 Å². The van der Waals surface area contributed by atoms with Gasteiger partial charge in [-0.1, -0.05) is 17.8 Å².